The highest BCUT2D eigenvalue weighted by Gasteiger charge is 2.30. The molecule has 0 spiro atoms. The van der Waals surface area contributed by atoms with Gasteiger partial charge in [0.25, 0.3) is 0 Å². The molecule has 2 aromatic carbocycles. The lowest BCUT2D eigenvalue weighted by Crippen LogP contribution is -2.42. The van der Waals surface area contributed by atoms with Crippen LogP contribution in [-0.2, 0) is 24.5 Å². The number of amides is 1. The SMILES string of the molecule is O=C(NCc1ccccc1CO)C1CCCN1Cc1ccc(F)cc1. The number of aliphatic hydroxyl groups excluding tert-OH is 1. The zero-order chi connectivity index (χ0) is 17.6. The van der Waals surface area contributed by atoms with Crippen LogP contribution in [0.1, 0.15) is 29.5 Å². The van der Waals surface area contributed by atoms with Crippen molar-refractivity contribution in [2.24, 2.45) is 0 Å². The first-order valence-corrected chi connectivity index (χ1v) is 8.61. The Morgan fingerprint density at radius 3 is 2.60 bits per heavy atom. The molecular formula is C20H23FN2O2. The average Bonchev–Trinajstić information content (AvgIpc) is 3.10. The van der Waals surface area contributed by atoms with Crippen molar-refractivity contribution < 1.29 is 14.3 Å². The van der Waals surface area contributed by atoms with Crippen molar-refractivity contribution >= 4 is 5.91 Å². The van der Waals surface area contributed by atoms with E-state index in [4.69, 9.17) is 0 Å². The Morgan fingerprint density at radius 1 is 1.16 bits per heavy atom. The lowest BCUT2D eigenvalue weighted by atomic mass is 10.1. The van der Waals surface area contributed by atoms with Crippen LogP contribution in [0.25, 0.3) is 0 Å². The Hall–Kier alpha value is -2.24. The van der Waals surface area contributed by atoms with Crippen LogP contribution in [-0.4, -0.2) is 28.5 Å². The molecule has 1 amide bonds. The molecule has 0 saturated carbocycles. The van der Waals surface area contributed by atoms with E-state index in [1.165, 1.54) is 12.1 Å². The summed E-state index contributed by atoms with van der Waals surface area (Å²) in [6.07, 6.45) is 1.81. The summed E-state index contributed by atoms with van der Waals surface area (Å²) < 4.78 is 13.0. The van der Waals surface area contributed by atoms with E-state index in [0.29, 0.717) is 13.1 Å². The number of aliphatic hydroxyl groups is 1. The summed E-state index contributed by atoms with van der Waals surface area (Å²) in [5.74, 6) is -0.241. The third kappa shape index (κ3) is 4.44. The van der Waals surface area contributed by atoms with Crippen LogP contribution in [0, 0.1) is 5.82 Å². The number of nitrogens with one attached hydrogen (secondary N) is 1. The molecule has 2 N–H and O–H groups in total. The highest BCUT2D eigenvalue weighted by molar-refractivity contribution is 5.82. The third-order valence-electron chi connectivity index (χ3n) is 4.71. The second-order valence-corrected chi connectivity index (χ2v) is 6.40. The highest BCUT2D eigenvalue weighted by Crippen LogP contribution is 2.21. The Kier molecular flexibility index (Phi) is 5.79. The summed E-state index contributed by atoms with van der Waals surface area (Å²) in [6, 6.07) is 13.8. The predicted molar refractivity (Wildman–Crippen MR) is 94.0 cm³/mol. The number of benzene rings is 2. The largest absolute Gasteiger partial charge is 0.392 e. The van der Waals surface area contributed by atoms with E-state index < -0.39 is 0 Å². The molecule has 1 heterocycles. The number of nitrogens with zero attached hydrogens (tertiary/aromatic N) is 1. The summed E-state index contributed by atoms with van der Waals surface area (Å²) in [6.45, 7) is 1.89. The number of carbonyl (C=O) groups excluding carboxylic acids is 1. The fourth-order valence-electron chi connectivity index (χ4n) is 3.32. The van der Waals surface area contributed by atoms with Gasteiger partial charge in [0.15, 0.2) is 0 Å². The Balaban J connectivity index is 1.59. The van der Waals surface area contributed by atoms with Crippen LogP contribution in [0.4, 0.5) is 4.39 Å². The molecule has 0 aromatic heterocycles. The second-order valence-electron chi connectivity index (χ2n) is 6.40. The van der Waals surface area contributed by atoms with Crippen molar-refractivity contribution in [2.75, 3.05) is 6.54 Å². The topological polar surface area (TPSA) is 52.6 Å². The van der Waals surface area contributed by atoms with Gasteiger partial charge in [-0.05, 0) is 48.2 Å². The summed E-state index contributed by atoms with van der Waals surface area (Å²) in [5.41, 5.74) is 2.77. The molecule has 25 heavy (non-hydrogen) atoms. The van der Waals surface area contributed by atoms with Crippen LogP contribution in [0.15, 0.2) is 48.5 Å². The van der Waals surface area contributed by atoms with Gasteiger partial charge in [0.1, 0.15) is 5.82 Å². The van der Waals surface area contributed by atoms with Gasteiger partial charge in [-0.15, -0.1) is 0 Å². The van der Waals surface area contributed by atoms with Gasteiger partial charge in [0.05, 0.1) is 12.6 Å². The molecule has 1 unspecified atom stereocenters. The van der Waals surface area contributed by atoms with Crippen LogP contribution in [0.3, 0.4) is 0 Å². The molecule has 1 saturated heterocycles. The lowest BCUT2D eigenvalue weighted by Gasteiger charge is -2.24. The van der Waals surface area contributed by atoms with Crippen LogP contribution in [0.2, 0.25) is 0 Å². The standard InChI is InChI=1S/C20H23FN2O2/c21-18-9-7-15(8-10-18)13-23-11-3-6-19(23)20(25)22-12-16-4-1-2-5-17(16)14-24/h1-2,4-5,7-10,19,24H,3,6,11-14H2,(H,22,25). The molecule has 1 atom stereocenters. The summed E-state index contributed by atoms with van der Waals surface area (Å²) >= 11 is 0. The number of likely N-dealkylation sites (tertiary alicyclic amines) is 1. The van der Waals surface area contributed by atoms with Crippen LogP contribution in [0.5, 0.6) is 0 Å². The van der Waals surface area contributed by atoms with Crippen LogP contribution < -0.4 is 5.32 Å². The number of halogens is 1. The van der Waals surface area contributed by atoms with Crippen molar-refractivity contribution in [3.8, 4) is 0 Å². The molecule has 1 aliphatic rings. The quantitative estimate of drug-likeness (QED) is 0.848. The molecule has 0 radical (unpaired) electrons. The van der Waals surface area contributed by atoms with E-state index in [1.807, 2.05) is 24.3 Å². The van der Waals surface area contributed by atoms with E-state index in [-0.39, 0.29) is 24.4 Å². The molecule has 132 valence electrons. The summed E-state index contributed by atoms with van der Waals surface area (Å²) in [7, 11) is 0. The molecule has 3 rings (SSSR count). The molecule has 1 aliphatic heterocycles. The number of hydrogen-bond donors (Lipinski definition) is 2. The zero-order valence-corrected chi connectivity index (χ0v) is 14.1. The first-order chi connectivity index (χ1) is 12.2. The van der Waals surface area contributed by atoms with E-state index >= 15 is 0 Å². The zero-order valence-electron chi connectivity index (χ0n) is 14.1. The fourth-order valence-corrected chi connectivity index (χ4v) is 3.32. The van der Waals surface area contributed by atoms with Crippen LogP contribution >= 0.6 is 0 Å². The second kappa shape index (κ2) is 8.23. The molecular weight excluding hydrogens is 319 g/mol. The van der Waals surface area contributed by atoms with Gasteiger partial charge in [0, 0.05) is 13.1 Å². The molecule has 4 nitrogen and oxygen atoms in total. The maximum atomic E-state index is 13.0. The monoisotopic (exact) mass is 342 g/mol. The highest BCUT2D eigenvalue weighted by atomic mass is 19.1. The van der Waals surface area contributed by atoms with Crippen molar-refractivity contribution in [2.45, 2.75) is 38.6 Å². The average molecular weight is 342 g/mol. The van der Waals surface area contributed by atoms with Crippen molar-refractivity contribution in [3.63, 3.8) is 0 Å². The van der Waals surface area contributed by atoms with Gasteiger partial charge in [0.2, 0.25) is 5.91 Å². The van der Waals surface area contributed by atoms with Gasteiger partial charge in [-0.25, -0.2) is 4.39 Å². The van der Waals surface area contributed by atoms with Gasteiger partial charge >= 0.3 is 0 Å². The van der Waals surface area contributed by atoms with E-state index in [1.54, 1.807) is 12.1 Å². The van der Waals surface area contributed by atoms with Crippen molar-refractivity contribution in [1.82, 2.24) is 10.2 Å². The van der Waals surface area contributed by atoms with Crippen molar-refractivity contribution in [3.05, 3.63) is 71.0 Å². The number of carbonyl (C=O) groups is 1. The minimum atomic E-state index is -0.248. The third-order valence-corrected chi connectivity index (χ3v) is 4.71. The summed E-state index contributed by atoms with van der Waals surface area (Å²) in [4.78, 5) is 14.7. The minimum Gasteiger partial charge on any atom is -0.392 e. The normalized spacial score (nSPS) is 17.6. The van der Waals surface area contributed by atoms with E-state index in [2.05, 4.69) is 10.2 Å². The van der Waals surface area contributed by atoms with Crippen molar-refractivity contribution in [1.29, 1.82) is 0 Å². The molecule has 2 aromatic rings. The maximum Gasteiger partial charge on any atom is 0.237 e. The Labute approximate surface area is 147 Å². The molecule has 5 heteroatoms. The summed E-state index contributed by atoms with van der Waals surface area (Å²) in [5, 5.41) is 12.4. The Morgan fingerprint density at radius 2 is 1.88 bits per heavy atom. The van der Waals surface area contributed by atoms with E-state index in [0.717, 1.165) is 36.1 Å². The molecule has 1 fully saturated rings. The maximum absolute atomic E-state index is 13.0. The first kappa shape index (κ1) is 17.6. The van der Waals surface area contributed by atoms with Gasteiger partial charge < -0.3 is 10.4 Å². The van der Waals surface area contributed by atoms with Gasteiger partial charge in [-0.3, -0.25) is 9.69 Å². The van der Waals surface area contributed by atoms with Gasteiger partial charge in [-0.1, -0.05) is 36.4 Å². The molecule has 0 aliphatic carbocycles. The molecule has 0 bridgehead atoms. The lowest BCUT2D eigenvalue weighted by molar-refractivity contribution is -0.125. The Bertz CT molecular complexity index is 718. The number of hydrogen-bond acceptors (Lipinski definition) is 3. The van der Waals surface area contributed by atoms with E-state index in [9.17, 15) is 14.3 Å². The smallest absolute Gasteiger partial charge is 0.237 e. The predicted octanol–water partition coefficient (Wildman–Crippen LogP) is 2.60. The minimum absolute atomic E-state index is 0.00681. The first-order valence-electron chi connectivity index (χ1n) is 8.61. The number of rotatable bonds is 6. The van der Waals surface area contributed by atoms with Gasteiger partial charge in [-0.2, -0.15) is 0 Å². The fraction of sp³-hybridized carbons (Fsp3) is 0.350.